The van der Waals surface area contributed by atoms with Crippen molar-refractivity contribution in [2.45, 2.75) is 45.1 Å². The van der Waals surface area contributed by atoms with Gasteiger partial charge in [0.25, 0.3) is 0 Å². The second-order valence-electron chi connectivity index (χ2n) is 5.34. The van der Waals surface area contributed by atoms with Crippen LogP contribution in [0, 0.1) is 0 Å². The molecule has 1 aromatic rings. The maximum absolute atomic E-state index is 12.3. The van der Waals surface area contributed by atoms with Crippen LogP contribution >= 0.6 is 0 Å². The zero-order chi connectivity index (χ0) is 15.1. The summed E-state index contributed by atoms with van der Waals surface area (Å²) in [7, 11) is 0. The van der Waals surface area contributed by atoms with Gasteiger partial charge in [0.05, 0.1) is 6.61 Å². The highest BCUT2D eigenvalue weighted by Crippen LogP contribution is 2.20. The molecule has 1 aliphatic rings. The first-order valence-electron chi connectivity index (χ1n) is 7.72. The standard InChI is InChI=1S/C17H23NO3.H2O/c1-2-21-17(20)15-11-7-13-18(15)16(19)12-6-10-14-8-4-3-5-9-14;/h3-5,8-9,15H,2,6-7,10-13H2,1H3;1H2. The molecule has 0 aliphatic carbocycles. The zero-order valence-electron chi connectivity index (χ0n) is 13.1. The summed E-state index contributed by atoms with van der Waals surface area (Å²) in [6.07, 6.45) is 3.81. The summed E-state index contributed by atoms with van der Waals surface area (Å²) >= 11 is 0. The molecule has 122 valence electrons. The molecule has 0 aromatic heterocycles. The van der Waals surface area contributed by atoms with E-state index < -0.39 is 0 Å². The van der Waals surface area contributed by atoms with Gasteiger partial charge in [0.15, 0.2) is 0 Å². The molecule has 1 aliphatic heterocycles. The van der Waals surface area contributed by atoms with Gasteiger partial charge in [0, 0.05) is 13.0 Å². The molecule has 2 rings (SSSR count). The minimum atomic E-state index is -0.367. The van der Waals surface area contributed by atoms with Crippen LogP contribution in [0.2, 0.25) is 0 Å². The molecule has 1 unspecified atom stereocenters. The molecule has 1 fully saturated rings. The molecule has 0 saturated carbocycles. The Morgan fingerprint density at radius 3 is 2.68 bits per heavy atom. The Morgan fingerprint density at radius 2 is 2.00 bits per heavy atom. The van der Waals surface area contributed by atoms with Crippen LogP contribution in [0.1, 0.15) is 38.2 Å². The largest absolute Gasteiger partial charge is 0.464 e. The van der Waals surface area contributed by atoms with E-state index in [2.05, 4.69) is 12.1 Å². The number of esters is 1. The summed E-state index contributed by atoms with van der Waals surface area (Å²) in [5.74, 6) is -0.187. The minimum Gasteiger partial charge on any atom is -0.464 e. The number of likely N-dealkylation sites (tertiary alicyclic amines) is 1. The Morgan fingerprint density at radius 1 is 1.27 bits per heavy atom. The third-order valence-corrected chi connectivity index (χ3v) is 3.83. The highest BCUT2D eigenvalue weighted by Gasteiger charge is 2.34. The van der Waals surface area contributed by atoms with Crippen LogP contribution in [0.25, 0.3) is 0 Å². The van der Waals surface area contributed by atoms with Gasteiger partial charge >= 0.3 is 5.97 Å². The van der Waals surface area contributed by atoms with Gasteiger partial charge in [-0.25, -0.2) is 4.79 Å². The van der Waals surface area contributed by atoms with Gasteiger partial charge in [0.1, 0.15) is 6.04 Å². The monoisotopic (exact) mass is 307 g/mol. The molecule has 1 amide bonds. The Hall–Kier alpha value is -1.88. The molecule has 1 heterocycles. The van der Waals surface area contributed by atoms with Gasteiger partial charge < -0.3 is 15.1 Å². The lowest BCUT2D eigenvalue weighted by Crippen LogP contribution is -2.41. The van der Waals surface area contributed by atoms with Crippen LogP contribution in [0.5, 0.6) is 0 Å². The number of carbonyl (C=O) groups is 2. The molecule has 1 atom stereocenters. The summed E-state index contributed by atoms with van der Waals surface area (Å²) < 4.78 is 5.05. The number of amides is 1. The molecule has 22 heavy (non-hydrogen) atoms. The summed E-state index contributed by atoms with van der Waals surface area (Å²) in [5, 5.41) is 0. The van der Waals surface area contributed by atoms with Crippen LogP contribution in [0.4, 0.5) is 0 Å². The Labute approximate surface area is 131 Å². The number of aryl methyl sites for hydroxylation is 1. The van der Waals surface area contributed by atoms with E-state index >= 15 is 0 Å². The number of hydrogen-bond donors (Lipinski definition) is 0. The third kappa shape index (κ3) is 4.84. The number of nitrogens with zero attached hydrogens (tertiary/aromatic N) is 1. The van der Waals surface area contributed by atoms with Crippen LogP contribution in [0.3, 0.4) is 0 Å². The topological polar surface area (TPSA) is 78.1 Å². The number of hydrogen-bond acceptors (Lipinski definition) is 3. The van der Waals surface area contributed by atoms with Crippen molar-refractivity contribution >= 4 is 11.9 Å². The number of rotatable bonds is 6. The lowest BCUT2D eigenvalue weighted by molar-refractivity contribution is -0.153. The molecule has 0 radical (unpaired) electrons. The molecule has 0 bridgehead atoms. The molecular weight excluding hydrogens is 282 g/mol. The predicted molar refractivity (Wildman–Crippen MR) is 84.4 cm³/mol. The van der Waals surface area contributed by atoms with E-state index in [1.165, 1.54) is 5.56 Å². The zero-order valence-corrected chi connectivity index (χ0v) is 13.1. The minimum absolute atomic E-state index is 0. The normalized spacial score (nSPS) is 17.0. The first kappa shape index (κ1) is 18.2. The van der Waals surface area contributed by atoms with Gasteiger partial charge in [-0.05, 0) is 38.2 Å². The van der Waals surface area contributed by atoms with Gasteiger partial charge in [-0.3, -0.25) is 4.79 Å². The van der Waals surface area contributed by atoms with E-state index in [0.717, 1.165) is 25.7 Å². The second-order valence-corrected chi connectivity index (χ2v) is 5.34. The Bertz CT molecular complexity index is 475. The van der Waals surface area contributed by atoms with E-state index in [0.29, 0.717) is 19.6 Å². The van der Waals surface area contributed by atoms with Crippen LogP contribution < -0.4 is 0 Å². The Balaban J connectivity index is 0.00000242. The summed E-state index contributed by atoms with van der Waals surface area (Å²) in [6, 6.07) is 9.78. The fraction of sp³-hybridized carbons (Fsp3) is 0.529. The molecule has 5 heteroatoms. The van der Waals surface area contributed by atoms with E-state index in [4.69, 9.17) is 4.74 Å². The highest BCUT2D eigenvalue weighted by molar-refractivity contribution is 5.85. The van der Waals surface area contributed by atoms with Crippen molar-refractivity contribution < 1.29 is 19.8 Å². The summed E-state index contributed by atoms with van der Waals surface area (Å²) in [4.78, 5) is 25.8. The first-order chi connectivity index (χ1) is 10.2. The third-order valence-electron chi connectivity index (χ3n) is 3.83. The van der Waals surface area contributed by atoms with Gasteiger partial charge in [-0.2, -0.15) is 0 Å². The quantitative estimate of drug-likeness (QED) is 0.751. The molecular formula is C17H25NO4. The molecule has 5 nitrogen and oxygen atoms in total. The van der Waals surface area contributed by atoms with Crippen LogP contribution in [-0.2, 0) is 20.7 Å². The number of benzene rings is 1. The van der Waals surface area contributed by atoms with Crippen molar-refractivity contribution in [1.82, 2.24) is 4.90 Å². The number of ether oxygens (including phenoxy) is 1. The van der Waals surface area contributed by atoms with Gasteiger partial charge in [-0.15, -0.1) is 0 Å². The van der Waals surface area contributed by atoms with Crippen molar-refractivity contribution in [3.63, 3.8) is 0 Å². The summed E-state index contributed by atoms with van der Waals surface area (Å²) in [5.41, 5.74) is 1.24. The molecule has 0 spiro atoms. The van der Waals surface area contributed by atoms with E-state index in [1.807, 2.05) is 18.2 Å². The fourth-order valence-corrected chi connectivity index (χ4v) is 2.78. The maximum Gasteiger partial charge on any atom is 0.328 e. The molecule has 1 aromatic carbocycles. The smallest absolute Gasteiger partial charge is 0.328 e. The number of carbonyl (C=O) groups excluding carboxylic acids is 2. The second kappa shape index (κ2) is 9.20. The van der Waals surface area contributed by atoms with Crippen molar-refractivity contribution in [3.8, 4) is 0 Å². The average Bonchev–Trinajstić information content (AvgIpc) is 2.98. The lowest BCUT2D eigenvalue weighted by Gasteiger charge is -2.23. The van der Waals surface area contributed by atoms with Crippen molar-refractivity contribution in [2.24, 2.45) is 0 Å². The Kier molecular flexibility index (Phi) is 7.60. The van der Waals surface area contributed by atoms with Crippen LogP contribution in [-0.4, -0.2) is 41.4 Å². The molecule has 2 N–H and O–H groups in total. The van der Waals surface area contributed by atoms with Gasteiger partial charge in [-0.1, -0.05) is 30.3 Å². The summed E-state index contributed by atoms with van der Waals surface area (Å²) in [6.45, 7) is 2.83. The van der Waals surface area contributed by atoms with E-state index in [1.54, 1.807) is 11.8 Å². The van der Waals surface area contributed by atoms with Gasteiger partial charge in [0.2, 0.25) is 5.91 Å². The highest BCUT2D eigenvalue weighted by atomic mass is 16.5. The lowest BCUT2D eigenvalue weighted by atomic mass is 10.1. The van der Waals surface area contributed by atoms with E-state index in [-0.39, 0.29) is 23.4 Å². The predicted octanol–water partition coefficient (Wildman–Crippen LogP) is 1.74. The first-order valence-corrected chi connectivity index (χ1v) is 7.72. The van der Waals surface area contributed by atoms with Crippen molar-refractivity contribution in [1.29, 1.82) is 0 Å². The van der Waals surface area contributed by atoms with Crippen molar-refractivity contribution in [3.05, 3.63) is 35.9 Å². The van der Waals surface area contributed by atoms with E-state index in [9.17, 15) is 9.59 Å². The van der Waals surface area contributed by atoms with Crippen LogP contribution in [0.15, 0.2) is 30.3 Å². The maximum atomic E-state index is 12.3. The fourth-order valence-electron chi connectivity index (χ4n) is 2.78. The molecule has 1 saturated heterocycles. The van der Waals surface area contributed by atoms with Crippen molar-refractivity contribution in [2.75, 3.05) is 13.2 Å². The SMILES string of the molecule is CCOC(=O)C1CCCN1C(=O)CCCc1ccccc1.O. The average molecular weight is 307 g/mol.